The highest BCUT2D eigenvalue weighted by Crippen LogP contribution is 2.20. The Morgan fingerprint density at radius 2 is 2.20 bits per heavy atom. The Morgan fingerprint density at radius 1 is 1.40 bits per heavy atom. The summed E-state index contributed by atoms with van der Waals surface area (Å²) in [5.74, 6) is 2.41. The zero-order chi connectivity index (χ0) is 17.6. The maximum Gasteiger partial charge on any atom is 0.253 e. The molecule has 0 saturated carbocycles. The minimum Gasteiger partial charge on any atom is -0.485 e. The Bertz CT molecular complexity index is 699. The van der Waals surface area contributed by atoms with Crippen molar-refractivity contribution in [1.29, 1.82) is 0 Å². The van der Waals surface area contributed by atoms with Crippen LogP contribution < -0.4 is 10.1 Å². The Kier molecular flexibility index (Phi) is 5.65. The molecule has 1 aliphatic heterocycles. The first-order valence-corrected chi connectivity index (χ1v) is 8.67. The van der Waals surface area contributed by atoms with E-state index in [1.54, 1.807) is 24.3 Å². The van der Waals surface area contributed by atoms with E-state index in [1.807, 2.05) is 18.9 Å². The molecule has 1 amide bonds. The number of likely N-dealkylation sites (tertiary alicyclic amines) is 1. The van der Waals surface area contributed by atoms with Crippen molar-refractivity contribution in [2.45, 2.75) is 26.4 Å². The van der Waals surface area contributed by atoms with E-state index in [0.29, 0.717) is 35.4 Å². The number of carbonyl (C=O) groups excluding carboxylic acids is 1. The van der Waals surface area contributed by atoms with Crippen LogP contribution >= 0.6 is 0 Å². The van der Waals surface area contributed by atoms with Crippen LogP contribution in [0.3, 0.4) is 0 Å². The summed E-state index contributed by atoms with van der Waals surface area (Å²) in [5, 5.41) is 7.02. The lowest BCUT2D eigenvalue weighted by molar-refractivity contribution is 0.0787. The van der Waals surface area contributed by atoms with Crippen LogP contribution in [0.2, 0.25) is 0 Å². The lowest BCUT2D eigenvalue weighted by Gasteiger charge is -2.16. The van der Waals surface area contributed by atoms with Gasteiger partial charge in [-0.1, -0.05) is 12.1 Å². The Labute approximate surface area is 147 Å². The predicted molar refractivity (Wildman–Crippen MR) is 92.4 cm³/mol. The van der Waals surface area contributed by atoms with Gasteiger partial charge in [0.05, 0.1) is 0 Å². The summed E-state index contributed by atoms with van der Waals surface area (Å²) in [6, 6.07) is 7.21. The zero-order valence-corrected chi connectivity index (χ0v) is 14.7. The fourth-order valence-corrected chi connectivity index (χ4v) is 2.99. The SMILES string of the molecule is CCc1nc(COc2ccc(C(=O)N3CCC(CNC)C3)cc2)no1. The van der Waals surface area contributed by atoms with Gasteiger partial charge in [0, 0.05) is 25.1 Å². The van der Waals surface area contributed by atoms with Crippen molar-refractivity contribution in [3.05, 3.63) is 41.5 Å². The van der Waals surface area contributed by atoms with Gasteiger partial charge in [-0.05, 0) is 50.2 Å². The lowest BCUT2D eigenvalue weighted by Crippen LogP contribution is -2.30. The van der Waals surface area contributed by atoms with Crippen LogP contribution in [-0.4, -0.2) is 47.6 Å². The summed E-state index contributed by atoms with van der Waals surface area (Å²) in [6.07, 6.45) is 1.76. The monoisotopic (exact) mass is 344 g/mol. The summed E-state index contributed by atoms with van der Waals surface area (Å²) in [7, 11) is 1.95. The number of ether oxygens (including phenoxy) is 1. The Balaban J connectivity index is 1.54. The molecule has 0 bridgehead atoms. The first-order valence-electron chi connectivity index (χ1n) is 8.67. The second-order valence-corrected chi connectivity index (χ2v) is 6.23. The number of nitrogens with one attached hydrogen (secondary N) is 1. The minimum atomic E-state index is 0.0795. The van der Waals surface area contributed by atoms with Crippen LogP contribution in [0.4, 0.5) is 0 Å². The molecule has 0 spiro atoms. The van der Waals surface area contributed by atoms with Gasteiger partial charge in [-0.3, -0.25) is 4.79 Å². The molecule has 0 radical (unpaired) electrons. The van der Waals surface area contributed by atoms with Crippen LogP contribution in [0, 0.1) is 5.92 Å². The molecular weight excluding hydrogens is 320 g/mol. The number of aromatic nitrogens is 2. The number of rotatable bonds is 7. The number of amides is 1. The molecule has 2 heterocycles. The molecule has 1 fully saturated rings. The second kappa shape index (κ2) is 8.11. The van der Waals surface area contributed by atoms with Crippen molar-refractivity contribution in [3.8, 4) is 5.75 Å². The molecule has 0 aliphatic carbocycles. The number of carbonyl (C=O) groups is 1. The highest BCUT2D eigenvalue weighted by Gasteiger charge is 2.26. The predicted octanol–water partition coefficient (Wildman–Crippen LogP) is 1.89. The summed E-state index contributed by atoms with van der Waals surface area (Å²) in [6.45, 7) is 4.78. The van der Waals surface area contributed by atoms with Gasteiger partial charge in [-0.25, -0.2) is 0 Å². The maximum absolute atomic E-state index is 12.6. The first kappa shape index (κ1) is 17.4. The van der Waals surface area contributed by atoms with Crippen molar-refractivity contribution < 1.29 is 14.1 Å². The van der Waals surface area contributed by atoms with Gasteiger partial charge in [0.15, 0.2) is 6.61 Å². The first-order chi connectivity index (χ1) is 12.2. The van der Waals surface area contributed by atoms with E-state index in [-0.39, 0.29) is 12.5 Å². The fourth-order valence-electron chi connectivity index (χ4n) is 2.99. The number of benzene rings is 1. The molecule has 7 nitrogen and oxygen atoms in total. The number of hydrogen-bond donors (Lipinski definition) is 1. The van der Waals surface area contributed by atoms with Crippen LogP contribution in [0.1, 0.15) is 35.4 Å². The third-order valence-corrected chi connectivity index (χ3v) is 4.35. The van der Waals surface area contributed by atoms with Gasteiger partial charge in [0.25, 0.3) is 5.91 Å². The molecule has 1 aromatic carbocycles. The Morgan fingerprint density at radius 3 is 2.88 bits per heavy atom. The van der Waals surface area contributed by atoms with E-state index < -0.39 is 0 Å². The van der Waals surface area contributed by atoms with Crippen molar-refractivity contribution in [3.63, 3.8) is 0 Å². The molecule has 7 heteroatoms. The molecule has 1 N–H and O–H groups in total. The van der Waals surface area contributed by atoms with Gasteiger partial charge >= 0.3 is 0 Å². The third kappa shape index (κ3) is 4.36. The summed E-state index contributed by atoms with van der Waals surface area (Å²) >= 11 is 0. The van der Waals surface area contributed by atoms with Crippen LogP contribution in [0.15, 0.2) is 28.8 Å². The van der Waals surface area contributed by atoms with E-state index in [1.165, 1.54) is 0 Å². The zero-order valence-electron chi connectivity index (χ0n) is 14.7. The minimum absolute atomic E-state index is 0.0795. The standard InChI is InChI=1S/C18H24N4O3/c1-3-17-20-16(21-25-17)12-24-15-6-4-14(5-7-15)18(23)22-9-8-13(11-22)10-19-2/h4-7,13,19H,3,8-12H2,1-2H3. The average Bonchev–Trinajstić information content (AvgIpc) is 3.29. The van der Waals surface area contributed by atoms with Gasteiger partial charge < -0.3 is 19.5 Å². The third-order valence-electron chi connectivity index (χ3n) is 4.35. The van der Waals surface area contributed by atoms with Crippen LogP contribution in [0.25, 0.3) is 0 Å². The van der Waals surface area contributed by atoms with Crippen molar-refractivity contribution in [2.75, 3.05) is 26.7 Å². The van der Waals surface area contributed by atoms with E-state index in [2.05, 4.69) is 15.5 Å². The quantitative estimate of drug-likeness (QED) is 0.826. The van der Waals surface area contributed by atoms with Gasteiger partial charge in [0.2, 0.25) is 11.7 Å². The number of hydrogen-bond acceptors (Lipinski definition) is 6. The summed E-state index contributed by atoms with van der Waals surface area (Å²) < 4.78 is 10.7. The summed E-state index contributed by atoms with van der Waals surface area (Å²) in [5.41, 5.74) is 0.685. The molecule has 1 atom stereocenters. The van der Waals surface area contributed by atoms with E-state index >= 15 is 0 Å². The topological polar surface area (TPSA) is 80.5 Å². The Hall–Kier alpha value is -2.41. The fraction of sp³-hybridized carbons (Fsp3) is 0.500. The van der Waals surface area contributed by atoms with Crippen molar-refractivity contribution >= 4 is 5.91 Å². The van der Waals surface area contributed by atoms with Crippen LogP contribution in [0.5, 0.6) is 5.75 Å². The molecular formula is C18H24N4O3. The highest BCUT2D eigenvalue weighted by molar-refractivity contribution is 5.94. The van der Waals surface area contributed by atoms with E-state index in [9.17, 15) is 4.79 Å². The molecule has 3 rings (SSSR count). The van der Waals surface area contributed by atoms with Crippen molar-refractivity contribution in [1.82, 2.24) is 20.4 Å². The average molecular weight is 344 g/mol. The van der Waals surface area contributed by atoms with Gasteiger partial charge in [0.1, 0.15) is 5.75 Å². The largest absolute Gasteiger partial charge is 0.485 e. The van der Waals surface area contributed by atoms with Gasteiger partial charge in [-0.2, -0.15) is 4.98 Å². The molecule has 134 valence electrons. The van der Waals surface area contributed by atoms with E-state index in [4.69, 9.17) is 9.26 Å². The smallest absolute Gasteiger partial charge is 0.253 e. The molecule has 1 aliphatic rings. The van der Waals surface area contributed by atoms with Crippen LogP contribution in [-0.2, 0) is 13.0 Å². The molecule has 1 unspecified atom stereocenters. The lowest BCUT2D eigenvalue weighted by atomic mass is 10.1. The van der Waals surface area contributed by atoms with Gasteiger partial charge in [-0.15, -0.1) is 0 Å². The number of aryl methyl sites for hydroxylation is 1. The molecule has 1 saturated heterocycles. The second-order valence-electron chi connectivity index (χ2n) is 6.23. The normalized spacial score (nSPS) is 17.0. The summed E-state index contributed by atoms with van der Waals surface area (Å²) in [4.78, 5) is 18.7. The van der Waals surface area contributed by atoms with E-state index in [0.717, 1.165) is 26.1 Å². The molecule has 1 aromatic heterocycles. The highest BCUT2D eigenvalue weighted by atomic mass is 16.5. The molecule has 2 aromatic rings. The van der Waals surface area contributed by atoms with Crippen molar-refractivity contribution in [2.24, 2.45) is 5.92 Å². The maximum atomic E-state index is 12.6. The molecule has 25 heavy (non-hydrogen) atoms. The number of nitrogens with zero attached hydrogens (tertiary/aromatic N) is 3.